The van der Waals surface area contributed by atoms with Crippen molar-refractivity contribution in [3.63, 3.8) is 0 Å². The van der Waals surface area contributed by atoms with E-state index in [2.05, 4.69) is 5.32 Å². The van der Waals surface area contributed by atoms with Gasteiger partial charge in [-0.25, -0.2) is 0 Å². The molecule has 1 atom stereocenters. The Morgan fingerprint density at radius 3 is 2.84 bits per heavy atom. The number of carbonyl (C=O) groups is 1. The van der Waals surface area contributed by atoms with Gasteiger partial charge in [0.05, 0.1) is 5.56 Å². The van der Waals surface area contributed by atoms with E-state index in [0.717, 1.165) is 18.6 Å². The highest BCUT2D eigenvalue weighted by molar-refractivity contribution is 5.80. The monoisotopic (exact) mass is 273 g/mol. The molecule has 1 fully saturated rings. The summed E-state index contributed by atoms with van der Waals surface area (Å²) in [6.07, 6.45) is -3.34. The van der Waals surface area contributed by atoms with Gasteiger partial charge in [0.25, 0.3) is 0 Å². The molecule has 1 saturated heterocycles. The summed E-state index contributed by atoms with van der Waals surface area (Å²) < 4.78 is 42.7. The number of ether oxygens (including phenoxy) is 1. The molecule has 2 rings (SSSR count). The largest absolute Gasteiger partial charge is 0.416 e. The minimum absolute atomic E-state index is 0.0720. The van der Waals surface area contributed by atoms with Gasteiger partial charge in [-0.15, -0.1) is 0 Å². The third-order valence-corrected chi connectivity index (χ3v) is 2.94. The summed E-state index contributed by atoms with van der Waals surface area (Å²) >= 11 is 0. The van der Waals surface area contributed by atoms with E-state index in [9.17, 15) is 18.0 Å². The molecule has 1 aliphatic heterocycles. The van der Waals surface area contributed by atoms with E-state index in [0.29, 0.717) is 18.6 Å². The van der Waals surface area contributed by atoms with Crippen LogP contribution >= 0.6 is 0 Å². The van der Waals surface area contributed by atoms with Crippen LogP contribution in [0.2, 0.25) is 0 Å². The van der Waals surface area contributed by atoms with Crippen molar-refractivity contribution < 1.29 is 22.7 Å². The van der Waals surface area contributed by atoms with E-state index in [-0.39, 0.29) is 12.5 Å². The van der Waals surface area contributed by atoms with Gasteiger partial charge in [-0.05, 0) is 30.5 Å². The van der Waals surface area contributed by atoms with Crippen molar-refractivity contribution in [2.75, 3.05) is 6.61 Å². The van der Waals surface area contributed by atoms with Gasteiger partial charge < -0.3 is 10.1 Å². The van der Waals surface area contributed by atoms with Crippen LogP contribution in [0.4, 0.5) is 13.2 Å². The van der Waals surface area contributed by atoms with Gasteiger partial charge in [-0.3, -0.25) is 4.79 Å². The Bertz CT molecular complexity index is 453. The molecule has 104 valence electrons. The average Bonchev–Trinajstić information content (AvgIpc) is 2.89. The van der Waals surface area contributed by atoms with Crippen LogP contribution in [0.3, 0.4) is 0 Å². The predicted octanol–water partition coefficient (Wildman–Crippen LogP) is 2.50. The first-order valence-corrected chi connectivity index (χ1v) is 6.02. The van der Waals surface area contributed by atoms with Gasteiger partial charge in [-0.2, -0.15) is 13.2 Å². The molecule has 0 aliphatic carbocycles. The topological polar surface area (TPSA) is 38.3 Å². The molecule has 1 aliphatic rings. The minimum Gasteiger partial charge on any atom is -0.368 e. The summed E-state index contributed by atoms with van der Waals surface area (Å²) in [4.78, 5) is 11.6. The molecule has 0 spiro atoms. The maximum absolute atomic E-state index is 12.5. The lowest BCUT2D eigenvalue weighted by molar-refractivity contribution is -0.137. The Kier molecular flexibility index (Phi) is 4.09. The van der Waals surface area contributed by atoms with Gasteiger partial charge in [0.15, 0.2) is 0 Å². The first kappa shape index (κ1) is 13.9. The van der Waals surface area contributed by atoms with Crippen LogP contribution in [-0.2, 0) is 22.3 Å². The molecule has 19 heavy (non-hydrogen) atoms. The molecule has 0 bridgehead atoms. The molecule has 1 amide bonds. The van der Waals surface area contributed by atoms with Crippen LogP contribution in [0.5, 0.6) is 0 Å². The van der Waals surface area contributed by atoms with E-state index in [1.165, 1.54) is 6.07 Å². The maximum Gasteiger partial charge on any atom is 0.416 e. The third-order valence-electron chi connectivity index (χ3n) is 2.94. The summed E-state index contributed by atoms with van der Waals surface area (Å²) in [5.41, 5.74) is -0.294. The fourth-order valence-electron chi connectivity index (χ4n) is 1.95. The Balaban J connectivity index is 1.94. The van der Waals surface area contributed by atoms with E-state index in [4.69, 9.17) is 4.74 Å². The molecule has 3 nitrogen and oxygen atoms in total. The van der Waals surface area contributed by atoms with Crippen molar-refractivity contribution in [3.8, 4) is 0 Å². The predicted molar refractivity (Wildman–Crippen MR) is 62.3 cm³/mol. The van der Waals surface area contributed by atoms with Crippen LogP contribution < -0.4 is 5.32 Å². The van der Waals surface area contributed by atoms with Crippen LogP contribution in [0.15, 0.2) is 24.3 Å². The number of carbonyl (C=O) groups excluding carboxylic acids is 1. The summed E-state index contributed by atoms with van der Waals surface area (Å²) in [5, 5.41) is 2.59. The first-order chi connectivity index (χ1) is 8.97. The fraction of sp³-hybridized carbons (Fsp3) is 0.462. The lowest BCUT2D eigenvalue weighted by Gasteiger charge is -2.12. The number of nitrogens with one attached hydrogen (secondary N) is 1. The zero-order valence-corrected chi connectivity index (χ0v) is 10.2. The van der Waals surface area contributed by atoms with Crippen LogP contribution in [0, 0.1) is 0 Å². The number of rotatable bonds is 3. The standard InChI is InChI=1S/C13H14F3NO2/c14-13(15,16)10-4-1-3-9(7-10)8-17-12(18)11-5-2-6-19-11/h1,3-4,7,11H,2,5-6,8H2,(H,17,18). The average molecular weight is 273 g/mol. The van der Waals surface area contributed by atoms with Crippen molar-refractivity contribution in [2.24, 2.45) is 0 Å². The molecular formula is C13H14F3NO2. The summed E-state index contributed by atoms with van der Waals surface area (Å²) in [6.45, 7) is 0.629. The van der Waals surface area contributed by atoms with Gasteiger partial charge in [-0.1, -0.05) is 12.1 Å². The highest BCUT2D eigenvalue weighted by Crippen LogP contribution is 2.29. The van der Waals surface area contributed by atoms with Gasteiger partial charge >= 0.3 is 6.18 Å². The molecule has 0 saturated carbocycles. The number of hydrogen-bond acceptors (Lipinski definition) is 2. The molecule has 0 aromatic heterocycles. The molecule has 1 unspecified atom stereocenters. The van der Waals surface area contributed by atoms with E-state index in [1.807, 2.05) is 0 Å². The van der Waals surface area contributed by atoms with Crippen molar-refractivity contribution in [1.82, 2.24) is 5.32 Å². The fourth-order valence-corrected chi connectivity index (χ4v) is 1.95. The lowest BCUT2D eigenvalue weighted by Crippen LogP contribution is -2.33. The SMILES string of the molecule is O=C(NCc1cccc(C(F)(F)F)c1)C1CCCO1. The Labute approximate surface area is 108 Å². The number of amides is 1. The Morgan fingerprint density at radius 1 is 1.42 bits per heavy atom. The molecule has 1 heterocycles. The summed E-state index contributed by atoms with van der Waals surface area (Å²) in [6, 6.07) is 4.92. The zero-order chi connectivity index (χ0) is 13.9. The first-order valence-electron chi connectivity index (χ1n) is 6.02. The van der Waals surface area contributed by atoms with E-state index < -0.39 is 17.8 Å². The number of hydrogen-bond donors (Lipinski definition) is 1. The number of alkyl halides is 3. The van der Waals surface area contributed by atoms with E-state index in [1.54, 1.807) is 6.07 Å². The van der Waals surface area contributed by atoms with Crippen LogP contribution in [0.1, 0.15) is 24.0 Å². The second-order valence-corrected chi connectivity index (χ2v) is 4.42. The molecule has 0 radical (unpaired) electrons. The molecule has 1 aromatic carbocycles. The Morgan fingerprint density at radius 2 is 2.21 bits per heavy atom. The highest BCUT2D eigenvalue weighted by Gasteiger charge is 2.30. The number of halogens is 3. The normalized spacial score (nSPS) is 19.4. The lowest BCUT2D eigenvalue weighted by atomic mass is 10.1. The van der Waals surface area contributed by atoms with E-state index >= 15 is 0 Å². The Hall–Kier alpha value is -1.56. The zero-order valence-electron chi connectivity index (χ0n) is 10.2. The van der Waals surface area contributed by atoms with Gasteiger partial charge in [0.2, 0.25) is 5.91 Å². The maximum atomic E-state index is 12.5. The minimum atomic E-state index is -4.37. The highest BCUT2D eigenvalue weighted by atomic mass is 19.4. The summed E-state index contributed by atoms with van der Waals surface area (Å²) in [5.74, 6) is -0.269. The second-order valence-electron chi connectivity index (χ2n) is 4.42. The van der Waals surface area contributed by atoms with Gasteiger partial charge in [0, 0.05) is 13.2 Å². The van der Waals surface area contributed by atoms with Crippen molar-refractivity contribution >= 4 is 5.91 Å². The van der Waals surface area contributed by atoms with Crippen LogP contribution in [-0.4, -0.2) is 18.6 Å². The molecule has 1 N–H and O–H groups in total. The molecular weight excluding hydrogens is 259 g/mol. The molecule has 6 heteroatoms. The molecule has 1 aromatic rings. The van der Waals surface area contributed by atoms with Crippen LogP contribution in [0.25, 0.3) is 0 Å². The van der Waals surface area contributed by atoms with Gasteiger partial charge in [0.1, 0.15) is 6.10 Å². The van der Waals surface area contributed by atoms with Crippen molar-refractivity contribution in [3.05, 3.63) is 35.4 Å². The third kappa shape index (κ3) is 3.70. The quantitative estimate of drug-likeness (QED) is 0.919. The van der Waals surface area contributed by atoms with Crippen molar-refractivity contribution in [1.29, 1.82) is 0 Å². The smallest absolute Gasteiger partial charge is 0.368 e. The second kappa shape index (κ2) is 5.61. The van der Waals surface area contributed by atoms with Crippen molar-refractivity contribution in [2.45, 2.75) is 31.7 Å². The summed E-state index contributed by atoms with van der Waals surface area (Å²) in [7, 11) is 0. The number of benzene rings is 1.